The minimum absolute atomic E-state index is 0.217. The second-order valence-corrected chi connectivity index (χ2v) is 5.38. The summed E-state index contributed by atoms with van der Waals surface area (Å²) in [6.07, 6.45) is 0.908. The fourth-order valence-electron chi connectivity index (χ4n) is 2.17. The highest BCUT2D eigenvalue weighted by atomic mass is 32.1. The van der Waals surface area contributed by atoms with E-state index in [1.54, 1.807) is 11.3 Å². The van der Waals surface area contributed by atoms with Gasteiger partial charge in [-0.3, -0.25) is 0 Å². The van der Waals surface area contributed by atoms with Gasteiger partial charge in [-0.1, -0.05) is 6.92 Å². The van der Waals surface area contributed by atoms with E-state index in [9.17, 15) is 0 Å². The molecule has 3 nitrogen and oxygen atoms in total. The minimum Gasteiger partial charge on any atom is -0.309 e. The molecule has 1 atom stereocenters. The first kappa shape index (κ1) is 13.2. The van der Waals surface area contributed by atoms with Crippen molar-refractivity contribution in [3.63, 3.8) is 0 Å². The summed E-state index contributed by atoms with van der Waals surface area (Å²) >= 11 is 1.79. The van der Waals surface area contributed by atoms with Crippen molar-refractivity contribution >= 4 is 11.3 Å². The Hall–Kier alpha value is -1.26. The monoisotopic (exact) mass is 261 g/mol. The van der Waals surface area contributed by atoms with E-state index < -0.39 is 0 Å². The quantitative estimate of drug-likeness (QED) is 0.919. The van der Waals surface area contributed by atoms with Crippen LogP contribution in [0.1, 0.15) is 40.4 Å². The number of rotatable bonds is 4. The van der Waals surface area contributed by atoms with Crippen LogP contribution in [0.2, 0.25) is 0 Å². The fourth-order valence-corrected chi connectivity index (χ4v) is 3.22. The van der Waals surface area contributed by atoms with Crippen molar-refractivity contribution in [1.29, 1.82) is 0 Å². The first-order chi connectivity index (χ1) is 8.67. The molecule has 0 saturated heterocycles. The maximum absolute atomic E-state index is 4.32. The van der Waals surface area contributed by atoms with Gasteiger partial charge in [0.1, 0.15) is 0 Å². The third kappa shape index (κ3) is 2.44. The second-order valence-electron chi connectivity index (χ2n) is 4.43. The van der Waals surface area contributed by atoms with Crippen molar-refractivity contribution in [2.45, 2.75) is 33.2 Å². The summed E-state index contributed by atoms with van der Waals surface area (Å²) in [5, 5.41) is 14.0. The highest BCUT2D eigenvalue weighted by molar-refractivity contribution is 7.10. The van der Waals surface area contributed by atoms with Crippen LogP contribution in [0.5, 0.6) is 0 Å². The van der Waals surface area contributed by atoms with Crippen LogP contribution in [0, 0.1) is 13.8 Å². The zero-order chi connectivity index (χ0) is 13.1. The van der Waals surface area contributed by atoms with E-state index in [2.05, 4.69) is 46.9 Å². The Morgan fingerprint density at radius 2 is 2.11 bits per heavy atom. The van der Waals surface area contributed by atoms with Crippen LogP contribution in [-0.2, 0) is 6.42 Å². The van der Waals surface area contributed by atoms with E-state index in [1.165, 1.54) is 16.0 Å². The Labute approximate surface area is 112 Å². The number of aryl methyl sites for hydroxylation is 3. The maximum Gasteiger partial charge on any atom is 0.0690 e. The molecule has 0 aliphatic rings. The van der Waals surface area contributed by atoms with E-state index in [0.29, 0.717) is 0 Å². The van der Waals surface area contributed by atoms with Gasteiger partial charge in [-0.05, 0) is 56.0 Å². The molecule has 0 amide bonds. The molecule has 0 spiro atoms. The van der Waals surface area contributed by atoms with Crippen LogP contribution in [0.3, 0.4) is 0 Å². The number of aromatic nitrogens is 2. The normalized spacial score (nSPS) is 12.7. The number of nitrogens with zero attached hydrogens (tertiary/aromatic N) is 2. The lowest BCUT2D eigenvalue weighted by Gasteiger charge is -2.19. The molecule has 2 heterocycles. The third-order valence-electron chi connectivity index (χ3n) is 3.12. The summed E-state index contributed by atoms with van der Waals surface area (Å²) in [5.41, 5.74) is 4.62. The average molecular weight is 261 g/mol. The Morgan fingerprint density at radius 1 is 1.33 bits per heavy atom. The Balaban J connectivity index is 2.51. The molecular formula is C14H19N3S. The molecule has 0 aliphatic carbocycles. The van der Waals surface area contributed by atoms with Crippen molar-refractivity contribution in [2.75, 3.05) is 7.05 Å². The van der Waals surface area contributed by atoms with Crippen LogP contribution in [0.4, 0.5) is 0 Å². The van der Waals surface area contributed by atoms with Gasteiger partial charge in [0, 0.05) is 4.88 Å². The van der Waals surface area contributed by atoms with Gasteiger partial charge in [-0.2, -0.15) is 10.2 Å². The molecule has 0 radical (unpaired) electrons. The first-order valence-corrected chi connectivity index (χ1v) is 7.09. The van der Waals surface area contributed by atoms with Crippen LogP contribution in [0.25, 0.3) is 0 Å². The lowest BCUT2D eigenvalue weighted by Crippen LogP contribution is -2.20. The van der Waals surface area contributed by atoms with Crippen LogP contribution < -0.4 is 5.32 Å². The molecule has 0 bridgehead atoms. The molecule has 4 heteroatoms. The van der Waals surface area contributed by atoms with Gasteiger partial charge >= 0.3 is 0 Å². The minimum atomic E-state index is 0.217. The van der Waals surface area contributed by atoms with E-state index >= 15 is 0 Å². The molecule has 2 aromatic rings. The predicted octanol–water partition coefficient (Wildman–Crippen LogP) is 3.03. The van der Waals surface area contributed by atoms with Crippen molar-refractivity contribution in [3.8, 4) is 0 Å². The molecule has 1 N–H and O–H groups in total. The van der Waals surface area contributed by atoms with Gasteiger partial charge in [0.2, 0.25) is 0 Å². The Kier molecular flexibility index (Phi) is 4.09. The van der Waals surface area contributed by atoms with Crippen molar-refractivity contribution in [1.82, 2.24) is 15.5 Å². The standard InChI is InChI=1S/C14H19N3S/c1-5-12-11(8-10(3)16-17-12)13(15-4)14-9(2)6-7-18-14/h6-8,13,15H,5H2,1-4H3. The van der Waals surface area contributed by atoms with Crippen LogP contribution in [0.15, 0.2) is 17.5 Å². The molecule has 0 aromatic carbocycles. The van der Waals surface area contributed by atoms with Gasteiger partial charge in [0.15, 0.2) is 0 Å². The van der Waals surface area contributed by atoms with Gasteiger partial charge in [-0.15, -0.1) is 11.3 Å². The SMILES string of the molecule is CCc1nnc(C)cc1C(NC)c1sccc1C. The van der Waals surface area contributed by atoms with Crippen molar-refractivity contribution in [2.24, 2.45) is 0 Å². The summed E-state index contributed by atoms with van der Waals surface area (Å²) in [4.78, 5) is 1.36. The fraction of sp³-hybridized carbons (Fsp3) is 0.429. The summed E-state index contributed by atoms with van der Waals surface area (Å²) in [7, 11) is 2.00. The summed E-state index contributed by atoms with van der Waals surface area (Å²) < 4.78 is 0. The summed E-state index contributed by atoms with van der Waals surface area (Å²) in [5.74, 6) is 0. The number of hydrogen-bond acceptors (Lipinski definition) is 4. The zero-order valence-corrected chi connectivity index (χ0v) is 12.1. The molecule has 2 aromatic heterocycles. The largest absolute Gasteiger partial charge is 0.309 e. The summed E-state index contributed by atoms with van der Waals surface area (Å²) in [6, 6.07) is 4.53. The maximum atomic E-state index is 4.32. The van der Waals surface area contributed by atoms with Gasteiger partial charge < -0.3 is 5.32 Å². The summed E-state index contributed by atoms with van der Waals surface area (Å²) in [6.45, 7) is 6.27. The number of hydrogen-bond donors (Lipinski definition) is 1. The molecule has 0 saturated carbocycles. The van der Waals surface area contributed by atoms with Gasteiger partial charge in [0.25, 0.3) is 0 Å². The Bertz CT molecular complexity index is 534. The lowest BCUT2D eigenvalue weighted by atomic mass is 10.00. The highest BCUT2D eigenvalue weighted by Crippen LogP contribution is 2.30. The van der Waals surface area contributed by atoms with Crippen molar-refractivity contribution < 1.29 is 0 Å². The van der Waals surface area contributed by atoms with E-state index in [-0.39, 0.29) is 6.04 Å². The highest BCUT2D eigenvalue weighted by Gasteiger charge is 2.19. The van der Waals surface area contributed by atoms with E-state index in [4.69, 9.17) is 0 Å². The Morgan fingerprint density at radius 3 is 2.67 bits per heavy atom. The second kappa shape index (κ2) is 5.59. The molecule has 18 heavy (non-hydrogen) atoms. The smallest absolute Gasteiger partial charge is 0.0690 e. The van der Waals surface area contributed by atoms with E-state index in [0.717, 1.165) is 17.8 Å². The lowest BCUT2D eigenvalue weighted by molar-refractivity contribution is 0.676. The number of thiophene rings is 1. The number of nitrogens with one attached hydrogen (secondary N) is 1. The van der Waals surface area contributed by atoms with E-state index in [1.807, 2.05) is 14.0 Å². The molecule has 96 valence electrons. The molecule has 1 unspecified atom stereocenters. The molecular weight excluding hydrogens is 242 g/mol. The molecule has 0 fully saturated rings. The van der Waals surface area contributed by atoms with Gasteiger partial charge in [0.05, 0.1) is 17.4 Å². The third-order valence-corrected chi connectivity index (χ3v) is 4.21. The van der Waals surface area contributed by atoms with Gasteiger partial charge in [-0.25, -0.2) is 0 Å². The molecule has 0 aliphatic heterocycles. The van der Waals surface area contributed by atoms with Crippen LogP contribution >= 0.6 is 11.3 Å². The van der Waals surface area contributed by atoms with Crippen molar-refractivity contribution in [3.05, 3.63) is 44.9 Å². The topological polar surface area (TPSA) is 37.8 Å². The molecule has 2 rings (SSSR count). The average Bonchev–Trinajstić information content (AvgIpc) is 2.77. The first-order valence-electron chi connectivity index (χ1n) is 6.21. The zero-order valence-electron chi connectivity index (χ0n) is 11.3. The van der Waals surface area contributed by atoms with Crippen LogP contribution in [-0.4, -0.2) is 17.2 Å². The predicted molar refractivity (Wildman–Crippen MR) is 76.1 cm³/mol.